The van der Waals surface area contributed by atoms with Crippen molar-refractivity contribution in [3.05, 3.63) is 72.2 Å². The minimum absolute atomic E-state index is 0.00306. The van der Waals surface area contributed by atoms with Crippen molar-refractivity contribution in [1.82, 2.24) is 24.9 Å². The number of amides is 3. The molecular weight excluding hydrogens is 458 g/mol. The first-order valence-corrected chi connectivity index (χ1v) is 12.1. The van der Waals surface area contributed by atoms with E-state index in [1.54, 1.807) is 33.9 Å². The molecule has 1 aliphatic heterocycles. The summed E-state index contributed by atoms with van der Waals surface area (Å²) < 4.78 is 7.45. The Labute approximate surface area is 210 Å². The van der Waals surface area contributed by atoms with Crippen molar-refractivity contribution in [3.8, 4) is 0 Å². The molecular formula is C27H33N5O4. The number of imidazole rings is 1. The molecule has 0 unspecified atom stereocenters. The SMILES string of the molecule is C[C@H](NC(=O)[C@H]1C[C@H](c2ccccc2)CN1C(=O)OC(C)(C)C)C(=O)NCc1ccc2nccn2c1. The zero-order valence-electron chi connectivity index (χ0n) is 21.1. The molecule has 0 bridgehead atoms. The average molecular weight is 492 g/mol. The van der Waals surface area contributed by atoms with Gasteiger partial charge in [-0.05, 0) is 51.3 Å². The van der Waals surface area contributed by atoms with Gasteiger partial charge in [0.25, 0.3) is 0 Å². The van der Waals surface area contributed by atoms with Crippen LogP contribution in [-0.2, 0) is 20.9 Å². The maximum atomic E-state index is 13.3. The van der Waals surface area contributed by atoms with E-state index in [-0.39, 0.29) is 17.7 Å². The summed E-state index contributed by atoms with van der Waals surface area (Å²) >= 11 is 0. The van der Waals surface area contributed by atoms with Gasteiger partial charge in [0, 0.05) is 37.6 Å². The van der Waals surface area contributed by atoms with Crippen molar-refractivity contribution < 1.29 is 19.1 Å². The van der Waals surface area contributed by atoms with Gasteiger partial charge in [-0.1, -0.05) is 36.4 Å². The van der Waals surface area contributed by atoms with E-state index >= 15 is 0 Å². The summed E-state index contributed by atoms with van der Waals surface area (Å²) in [6.45, 7) is 7.70. The molecule has 9 heteroatoms. The number of carbonyl (C=O) groups is 3. The minimum atomic E-state index is -0.772. The predicted molar refractivity (Wildman–Crippen MR) is 135 cm³/mol. The van der Waals surface area contributed by atoms with E-state index in [1.165, 1.54) is 4.90 Å². The first kappa shape index (κ1) is 25.2. The second kappa shape index (κ2) is 10.4. The van der Waals surface area contributed by atoms with Crippen LogP contribution in [0, 0.1) is 0 Å². The summed E-state index contributed by atoms with van der Waals surface area (Å²) in [5.41, 5.74) is 2.10. The maximum absolute atomic E-state index is 13.3. The Kier molecular flexibility index (Phi) is 7.28. The summed E-state index contributed by atoms with van der Waals surface area (Å²) in [6, 6.07) is 12.1. The highest BCUT2D eigenvalue weighted by atomic mass is 16.6. The molecule has 1 aliphatic rings. The molecule has 4 rings (SSSR count). The van der Waals surface area contributed by atoms with E-state index in [4.69, 9.17) is 4.74 Å². The van der Waals surface area contributed by atoms with E-state index in [2.05, 4.69) is 15.6 Å². The fourth-order valence-corrected chi connectivity index (χ4v) is 4.36. The fourth-order valence-electron chi connectivity index (χ4n) is 4.36. The monoisotopic (exact) mass is 491 g/mol. The molecule has 0 spiro atoms. The highest BCUT2D eigenvalue weighted by molar-refractivity contribution is 5.91. The first-order valence-electron chi connectivity index (χ1n) is 12.1. The number of nitrogens with one attached hydrogen (secondary N) is 2. The Hall–Kier alpha value is -3.88. The van der Waals surface area contributed by atoms with Crippen LogP contribution in [0.5, 0.6) is 0 Å². The standard InChI is InChI=1S/C27H33N5O4/c1-18(24(33)29-15-19-10-11-23-28-12-13-31(23)16-19)30-25(34)22-14-21(20-8-6-5-7-9-20)17-32(22)26(35)36-27(2,3)4/h5-13,16,18,21-22H,14-15,17H2,1-4H3,(H,29,33)(H,30,34)/t18-,21-,22+/m0/s1. The molecule has 9 nitrogen and oxygen atoms in total. The summed E-state index contributed by atoms with van der Waals surface area (Å²) in [4.78, 5) is 44.6. The first-order chi connectivity index (χ1) is 17.1. The number of ether oxygens (including phenoxy) is 1. The number of aromatic nitrogens is 2. The summed E-state index contributed by atoms with van der Waals surface area (Å²) in [5.74, 6) is -0.686. The largest absolute Gasteiger partial charge is 0.444 e. The molecule has 1 aromatic carbocycles. The van der Waals surface area contributed by atoms with Gasteiger partial charge in [-0.2, -0.15) is 0 Å². The molecule has 2 aromatic heterocycles. The van der Waals surface area contributed by atoms with Crippen molar-refractivity contribution >= 4 is 23.6 Å². The number of likely N-dealkylation sites (tertiary alicyclic amines) is 1. The zero-order valence-corrected chi connectivity index (χ0v) is 21.1. The third-order valence-electron chi connectivity index (χ3n) is 6.17. The van der Waals surface area contributed by atoms with Gasteiger partial charge in [0.2, 0.25) is 11.8 Å². The molecule has 36 heavy (non-hydrogen) atoms. The normalized spacial score (nSPS) is 18.6. The second-order valence-electron chi connectivity index (χ2n) is 10.2. The van der Waals surface area contributed by atoms with Crippen molar-refractivity contribution in [2.75, 3.05) is 6.54 Å². The lowest BCUT2D eigenvalue weighted by Gasteiger charge is -2.28. The van der Waals surface area contributed by atoms with Crippen LogP contribution in [0.1, 0.15) is 51.2 Å². The highest BCUT2D eigenvalue weighted by Crippen LogP contribution is 2.33. The smallest absolute Gasteiger partial charge is 0.410 e. The van der Waals surface area contributed by atoms with Gasteiger partial charge in [-0.15, -0.1) is 0 Å². The number of pyridine rings is 1. The van der Waals surface area contributed by atoms with E-state index in [1.807, 2.05) is 59.3 Å². The number of fused-ring (bicyclic) bond motifs is 1. The van der Waals surface area contributed by atoms with E-state index in [0.717, 1.165) is 16.8 Å². The maximum Gasteiger partial charge on any atom is 0.410 e. The highest BCUT2D eigenvalue weighted by Gasteiger charge is 2.42. The molecule has 190 valence electrons. The Morgan fingerprint density at radius 3 is 2.61 bits per heavy atom. The van der Waals surface area contributed by atoms with E-state index < -0.39 is 23.8 Å². The summed E-state index contributed by atoms with van der Waals surface area (Å²) in [6.07, 6.45) is 5.36. The van der Waals surface area contributed by atoms with Crippen LogP contribution in [0.2, 0.25) is 0 Å². The lowest BCUT2D eigenvalue weighted by atomic mass is 9.96. The Bertz CT molecular complexity index is 1230. The van der Waals surface area contributed by atoms with Gasteiger partial charge in [-0.25, -0.2) is 9.78 Å². The zero-order chi connectivity index (χ0) is 25.9. The van der Waals surface area contributed by atoms with Crippen LogP contribution in [-0.4, -0.2) is 56.4 Å². The van der Waals surface area contributed by atoms with Crippen LogP contribution in [0.4, 0.5) is 4.79 Å². The van der Waals surface area contributed by atoms with Gasteiger partial charge in [0.15, 0.2) is 0 Å². The van der Waals surface area contributed by atoms with Gasteiger partial charge in [0.05, 0.1) is 0 Å². The predicted octanol–water partition coefficient (Wildman–Crippen LogP) is 3.25. The summed E-state index contributed by atoms with van der Waals surface area (Å²) in [7, 11) is 0. The molecule has 3 heterocycles. The van der Waals surface area contributed by atoms with Crippen molar-refractivity contribution in [1.29, 1.82) is 0 Å². The Morgan fingerprint density at radius 1 is 1.14 bits per heavy atom. The molecule has 3 atom stereocenters. The van der Waals surface area contributed by atoms with Gasteiger partial charge < -0.3 is 19.8 Å². The van der Waals surface area contributed by atoms with Crippen LogP contribution in [0.25, 0.3) is 5.65 Å². The number of benzene rings is 1. The average Bonchev–Trinajstić information content (AvgIpc) is 3.49. The molecule has 0 radical (unpaired) electrons. The third kappa shape index (κ3) is 6.02. The molecule has 1 fully saturated rings. The molecule has 3 amide bonds. The molecule has 3 aromatic rings. The Balaban J connectivity index is 1.39. The van der Waals surface area contributed by atoms with Crippen LogP contribution < -0.4 is 10.6 Å². The molecule has 0 aliphatic carbocycles. The number of hydrogen-bond acceptors (Lipinski definition) is 5. The van der Waals surface area contributed by atoms with Crippen LogP contribution in [0.15, 0.2) is 61.1 Å². The quantitative estimate of drug-likeness (QED) is 0.551. The molecule has 2 N–H and O–H groups in total. The number of hydrogen-bond donors (Lipinski definition) is 2. The Morgan fingerprint density at radius 2 is 1.89 bits per heavy atom. The number of carbonyl (C=O) groups excluding carboxylic acids is 3. The van der Waals surface area contributed by atoms with Crippen molar-refractivity contribution in [2.24, 2.45) is 0 Å². The van der Waals surface area contributed by atoms with Crippen LogP contribution in [0.3, 0.4) is 0 Å². The topological polar surface area (TPSA) is 105 Å². The third-order valence-corrected chi connectivity index (χ3v) is 6.17. The van der Waals surface area contributed by atoms with Crippen molar-refractivity contribution in [2.45, 2.75) is 64.3 Å². The van der Waals surface area contributed by atoms with Crippen LogP contribution >= 0.6 is 0 Å². The molecule has 1 saturated heterocycles. The lowest BCUT2D eigenvalue weighted by Crippen LogP contribution is -2.52. The van der Waals surface area contributed by atoms with Gasteiger partial charge in [0.1, 0.15) is 23.3 Å². The van der Waals surface area contributed by atoms with Crippen molar-refractivity contribution in [3.63, 3.8) is 0 Å². The van der Waals surface area contributed by atoms with E-state index in [9.17, 15) is 14.4 Å². The van der Waals surface area contributed by atoms with E-state index in [0.29, 0.717) is 19.5 Å². The fraction of sp³-hybridized carbons (Fsp3) is 0.407. The number of nitrogens with zero attached hydrogens (tertiary/aromatic N) is 3. The minimum Gasteiger partial charge on any atom is -0.444 e. The summed E-state index contributed by atoms with van der Waals surface area (Å²) in [5, 5.41) is 5.65. The molecule has 0 saturated carbocycles. The second-order valence-corrected chi connectivity index (χ2v) is 10.2. The van der Waals surface area contributed by atoms with Gasteiger partial charge in [-0.3, -0.25) is 14.5 Å². The number of rotatable bonds is 6. The van der Waals surface area contributed by atoms with Gasteiger partial charge >= 0.3 is 6.09 Å². The lowest BCUT2D eigenvalue weighted by molar-refractivity contribution is -0.131.